The summed E-state index contributed by atoms with van der Waals surface area (Å²) in [6, 6.07) is 9.84. The number of nitrogens with one attached hydrogen (secondary N) is 1. The zero-order valence-corrected chi connectivity index (χ0v) is 13.0. The van der Waals surface area contributed by atoms with Crippen LogP contribution in [-0.2, 0) is 4.74 Å². The van der Waals surface area contributed by atoms with Crippen LogP contribution in [-0.4, -0.2) is 27.8 Å². The minimum Gasteiger partial charge on any atom is -0.451 e. The number of benzene rings is 1. The molecule has 1 N–H and O–H groups in total. The number of ether oxygens (including phenoxy) is 1. The van der Waals surface area contributed by atoms with Crippen LogP contribution in [0.15, 0.2) is 48.8 Å². The normalized spacial score (nSPS) is 12.1. The van der Waals surface area contributed by atoms with Gasteiger partial charge < -0.3 is 9.72 Å². The standard InChI is InChI=1S/C17H13ClN2O3/c1-10(15(21)11-3-2-4-12(18)9-11)23-17(22)14-6-8-20-16-13(14)5-7-19-16/h2-10H,1H3,(H,19,20). The van der Waals surface area contributed by atoms with Crippen molar-refractivity contribution < 1.29 is 14.3 Å². The molecular weight excluding hydrogens is 316 g/mol. The molecule has 0 saturated heterocycles. The molecular formula is C17H13ClN2O3. The van der Waals surface area contributed by atoms with Gasteiger partial charge in [0.05, 0.1) is 5.56 Å². The minimum absolute atomic E-state index is 0.305. The van der Waals surface area contributed by atoms with Crippen molar-refractivity contribution in [1.82, 2.24) is 9.97 Å². The lowest BCUT2D eigenvalue weighted by molar-refractivity contribution is 0.0320. The van der Waals surface area contributed by atoms with Gasteiger partial charge in [0.25, 0.3) is 0 Å². The van der Waals surface area contributed by atoms with Gasteiger partial charge in [-0.05, 0) is 31.2 Å². The molecule has 3 aromatic rings. The molecule has 2 heterocycles. The van der Waals surface area contributed by atoms with Gasteiger partial charge in [-0.25, -0.2) is 9.78 Å². The number of carbonyl (C=O) groups excluding carboxylic acids is 2. The van der Waals surface area contributed by atoms with Crippen molar-refractivity contribution >= 4 is 34.4 Å². The summed E-state index contributed by atoms with van der Waals surface area (Å²) in [5.41, 5.74) is 1.36. The lowest BCUT2D eigenvalue weighted by Gasteiger charge is -2.13. The average molecular weight is 329 g/mol. The molecule has 1 aromatic carbocycles. The first-order valence-electron chi connectivity index (χ1n) is 6.99. The minimum atomic E-state index is -0.914. The number of ketones is 1. The Morgan fingerprint density at radius 2 is 2.09 bits per heavy atom. The molecule has 0 radical (unpaired) electrons. The van der Waals surface area contributed by atoms with E-state index < -0.39 is 12.1 Å². The Labute approximate surface area is 137 Å². The van der Waals surface area contributed by atoms with Crippen LogP contribution in [0.25, 0.3) is 11.0 Å². The van der Waals surface area contributed by atoms with E-state index in [1.165, 1.54) is 13.1 Å². The Kier molecular flexibility index (Phi) is 4.12. The number of pyridine rings is 1. The van der Waals surface area contributed by atoms with Crippen molar-refractivity contribution in [2.24, 2.45) is 0 Å². The van der Waals surface area contributed by atoms with Crippen LogP contribution in [0.1, 0.15) is 27.6 Å². The van der Waals surface area contributed by atoms with E-state index in [9.17, 15) is 9.59 Å². The Bertz CT molecular complexity index is 888. The van der Waals surface area contributed by atoms with Crippen LogP contribution in [0.2, 0.25) is 5.02 Å². The van der Waals surface area contributed by atoms with Crippen LogP contribution in [0.5, 0.6) is 0 Å². The molecule has 0 saturated carbocycles. The number of aromatic nitrogens is 2. The maximum Gasteiger partial charge on any atom is 0.339 e. The van der Waals surface area contributed by atoms with Gasteiger partial charge in [-0.15, -0.1) is 0 Å². The second-order valence-corrected chi connectivity index (χ2v) is 5.46. The molecule has 0 aliphatic heterocycles. The predicted molar refractivity (Wildman–Crippen MR) is 86.8 cm³/mol. The van der Waals surface area contributed by atoms with Gasteiger partial charge in [0.1, 0.15) is 5.65 Å². The van der Waals surface area contributed by atoms with Gasteiger partial charge in [-0.3, -0.25) is 4.79 Å². The van der Waals surface area contributed by atoms with E-state index in [1.54, 1.807) is 42.6 Å². The molecule has 0 spiro atoms. The number of halogens is 1. The lowest BCUT2D eigenvalue weighted by Crippen LogP contribution is -2.24. The second-order valence-electron chi connectivity index (χ2n) is 5.02. The third kappa shape index (κ3) is 3.10. The summed E-state index contributed by atoms with van der Waals surface area (Å²) in [5, 5.41) is 1.11. The first kappa shape index (κ1) is 15.2. The van der Waals surface area contributed by atoms with Crippen molar-refractivity contribution in [3.05, 3.63) is 64.9 Å². The van der Waals surface area contributed by atoms with Crippen LogP contribution in [0.4, 0.5) is 0 Å². The van der Waals surface area contributed by atoms with E-state index in [0.717, 1.165) is 0 Å². The van der Waals surface area contributed by atoms with E-state index in [0.29, 0.717) is 27.2 Å². The lowest BCUT2D eigenvalue weighted by atomic mass is 10.1. The quantitative estimate of drug-likeness (QED) is 0.586. The largest absolute Gasteiger partial charge is 0.451 e. The molecule has 0 fully saturated rings. The molecule has 1 atom stereocenters. The molecule has 23 heavy (non-hydrogen) atoms. The molecule has 3 rings (SSSR count). The monoisotopic (exact) mass is 328 g/mol. The first-order chi connectivity index (χ1) is 11.1. The van der Waals surface area contributed by atoms with E-state index in [-0.39, 0.29) is 5.78 Å². The maximum atomic E-state index is 12.3. The summed E-state index contributed by atoms with van der Waals surface area (Å²) in [7, 11) is 0. The van der Waals surface area contributed by atoms with Crippen molar-refractivity contribution in [3.63, 3.8) is 0 Å². The maximum absolute atomic E-state index is 12.3. The molecule has 6 heteroatoms. The number of carbonyl (C=O) groups is 2. The van der Waals surface area contributed by atoms with Gasteiger partial charge in [-0.1, -0.05) is 23.7 Å². The molecule has 0 aliphatic rings. The van der Waals surface area contributed by atoms with Crippen molar-refractivity contribution in [1.29, 1.82) is 0 Å². The van der Waals surface area contributed by atoms with Crippen molar-refractivity contribution in [3.8, 4) is 0 Å². The number of fused-ring (bicyclic) bond motifs is 1. The average Bonchev–Trinajstić information content (AvgIpc) is 3.02. The molecule has 1 unspecified atom stereocenters. The summed E-state index contributed by atoms with van der Waals surface area (Å²) in [6.45, 7) is 1.54. The highest BCUT2D eigenvalue weighted by Gasteiger charge is 2.22. The number of rotatable bonds is 4. The first-order valence-corrected chi connectivity index (χ1v) is 7.37. The topological polar surface area (TPSA) is 72.0 Å². The van der Waals surface area contributed by atoms with Crippen LogP contribution in [0.3, 0.4) is 0 Å². The Balaban J connectivity index is 1.80. The van der Waals surface area contributed by atoms with Crippen LogP contribution < -0.4 is 0 Å². The number of hydrogen-bond acceptors (Lipinski definition) is 4. The van der Waals surface area contributed by atoms with E-state index in [2.05, 4.69) is 9.97 Å². The molecule has 116 valence electrons. The Morgan fingerprint density at radius 1 is 1.26 bits per heavy atom. The zero-order chi connectivity index (χ0) is 16.4. The third-order valence-corrected chi connectivity index (χ3v) is 3.68. The number of aromatic amines is 1. The number of Topliss-reactive ketones (excluding diaryl/α,β-unsaturated/α-hetero) is 1. The van der Waals surface area contributed by atoms with Crippen molar-refractivity contribution in [2.75, 3.05) is 0 Å². The number of nitrogens with zero attached hydrogens (tertiary/aromatic N) is 1. The van der Waals surface area contributed by atoms with Gasteiger partial charge in [-0.2, -0.15) is 0 Å². The van der Waals surface area contributed by atoms with E-state index in [4.69, 9.17) is 16.3 Å². The number of hydrogen-bond donors (Lipinski definition) is 1. The number of H-pyrrole nitrogens is 1. The molecule has 5 nitrogen and oxygen atoms in total. The highest BCUT2D eigenvalue weighted by atomic mass is 35.5. The summed E-state index contributed by atoms with van der Waals surface area (Å²) in [6.07, 6.45) is 2.29. The molecule has 2 aromatic heterocycles. The second kappa shape index (κ2) is 6.22. The smallest absolute Gasteiger partial charge is 0.339 e. The van der Waals surface area contributed by atoms with Gasteiger partial charge >= 0.3 is 5.97 Å². The van der Waals surface area contributed by atoms with E-state index in [1.807, 2.05) is 0 Å². The van der Waals surface area contributed by atoms with Crippen LogP contribution in [0, 0.1) is 0 Å². The summed E-state index contributed by atoms with van der Waals surface area (Å²) in [5.74, 6) is -0.875. The summed E-state index contributed by atoms with van der Waals surface area (Å²) < 4.78 is 5.30. The fourth-order valence-electron chi connectivity index (χ4n) is 2.29. The molecule has 0 bridgehead atoms. The molecule has 0 amide bonds. The fourth-order valence-corrected chi connectivity index (χ4v) is 2.48. The fraction of sp³-hybridized carbons (Fsp3) is 0.118. The number of esters is 1. The predicted octanol–water partition coefficient (Wildman–Crippen LogP) is 3.64. The van der Waals surface area contributed by atoms with Gasteiger partial charge in [0, 0.05) is 28.4 Å². The molecule has 0 aliphatic carbocycles. The van der Waals surface area contributed by atoms with Crippen LogP contribution >= 0.6 is 11.6 Å². The SMILES string of the molecule is CC(OC(=O)c1ccnc2[nH]ccc12)C(=O)c1cccc(Cl)c1. The highest BCUT2D eigenvalue weighted by molar-refractivity contribution is 6.31. The highest BCUT2D eigenvalue weighted by Crippen LogP contribution is 2.18. The Hall–Kier alpha value is -2.66. The van der Waals surface area contributed by atoms with Gasteiger partial charge in [0.15, 0.2) is 6.10 Å². The zero-order valence-electron chi connectivity index (χ0n) is 12.2. The van der Waals surface area contributed by atoms with Gasteiger partial charge in [0.2, 0.25) is 5.78 Å². The van der Waals surface area contributed by atoms with Crippen molar-refractivity contribution in [2.45, 2.75) is 13.0 Å². The Morgan fingerprint density at radius 3 is 2.87 bits per heavy atom. The summed E-state index contributed by atoms with van der Waals surface area (Å²) >= 11 is 5.88. The summed E-state index contributed by atoms with van der Waals surface area (Å²) in [4.78, 5) is 31.7. The van der Waals surface area contributed by atoms with E-state index >= 15 is 0 Å². The third-order valence-electron chi connectivity index (χ3n) is 3.44.